The van der Waals surface area contributed by atoms with Gasteiger partial charge in [0.25, 0.3) is 0 Å². The SMILES string of the molecule is COc1ccc(-c2cc(-c3ccc(N(C)C)cc3)n3c(n2)nc2ccccc23)cc1OC. The number of ether oxygens (including phenoxy) is 2. The Morgan fingerprint density at radius 2 is 1.47 bits per heavy atom. The first kappa shape index (κ1) is 19.9. The van der Waals surface area contributed by atoms with Crippen LogP contribution < -0.4 is 14.4 Å². The van der Waals surface area contributed by atoms with Crippen LogP contribution in [0.5, 0.6) is 11.5 Å². The minimum Gasteiger partial charge on any atom is -0.493 e. The highest BCUT2D eigenvalue weighted by molar-refractivity contribution is 5.84. The molecule has 0 unspecified atom stereocenters. The molecule has 0 fully saturated rings. The van der Waals surface area contributed by atoms with Crippen LogP contribution in [0.25, 0.3) is 39.3 Å². The second-order valence-electron chi connectivity index (χ2n) is 7.77. The number of para-hydroxylation sites is 2. The second kappa shape index (κ2) is 7.89. The maximum absolute atomic E-state index is 5.51. The summed E-state index contributed by atoms with van der Waals surface area (Å²) in [6, 6.07) is 24.6. The summed E-state index contributed by atoms with van der Waals surface area (Å²) in [5.74, 6) is 2.01. The predicted octanol–water partition coefficient (Wildman–Crippen LogP) is 5.30. The third-order valence-electron chi connectivity index (χ3n) is 5.64. The lowest BCUT2D eigenvalue weighted by Crippen LogP contribution is -2.08. The first-order valence-corrected chi connectivity index (χ1v) is 10.4. The van der Waals surface area contributed by atoms with Crippen molar-refractivity contribution in [2.45, 2.75) is 0 Å². The Kier molecular flexibility index (Phi) is 4.90. The van der Waals surface area contributed by atoms with Crippen molar-refractivity contribution in [3.63, 3.8) is 0 Å². The Morgan fingerprint density at radius 1 is 0.750 bits per heavy atom. The maximum atomic E-state index is 5.51. The topological polar surface area (TPSA) is 51.9 Å². The summed E-state index contributed by atoms with van der Waals surface area (Å²) in [6.07, 6.45) is 0. The molecule has 0 aliphatic carbocycles. The zero-order valence-electron chi connectivity index (χ0n) is 18.5. The van der Waals surface area contributed by atoms with E-state index in [1.807, 2.05) is 50.5 Å². The normalized spacial score (nSPS) is 11.1. The number of nitrogens with zero attached hydrogens (tertiary/aromatic N) is 4. The largest absolute Gasteiger partial charge is 0.493 e. The van der Waals surface area contributed by atoms with E-state index in [2.05, 4.69) is 45.7 Å². The van der Waals surface area contributed by atoms with E-state index in [4.69, 9.17) is 19.4 Å². The van der Waals surface area contributed by atoms with Gasteiger partial charge >= 0.3 is 0 Å². The highest BCUT2D eigenvalue weighted by Gasteiger charge is 2.15. The monoisotopic (exact) mass is 424 g/mol. The standard InChI is InChI=1S/C26H24N4O2/c1-29(2)19-12-9-17(10-13-19)23-16-21(18-11-14-24(31-3)25(15-18)32-4)28-26-27-20-7-5-6-8-22(20)30(23)26/h5-16H,1-4H3. The maximum Gasteiger partial charge on any atom is 0.235 e. The number of methoxy groups -OCH3 is 2. The van der Waals surface area contributed by atoms with Crippen molar-refractivity contribution in [1.29, 1.82) is 0 Å². The van der Waals surface area contributed by atoms with Crippen LogP contribution in [0.3, 0.4) is 0 Å². The molecule has 0 saturated heterocycles. The minimum absolute atomic E-state index is 0.658. The smallest absolute Gasteiger partial charge is 0.235 e. The van der Waals surface area contributed by atoms with Crippen LogP contribution in [0.1, 0.15) is 0 Å². The van der Waals surface area contributed by atoms with Crippen molar-refractivity contribution in [3.05, 3.63) is 72.8 Å². The zero-order valence-corrected chi connectivity index (χ0v) is 18.5. The number of hydrogen-bond donors (Lipinski definition) is 0. The molecule has 32 heavy (non-hydrogen) atoms. The lowest BCUT2D eigenvalue weighted by atomic mass is 10.1. The Labute approximate surface area is 186 Å². The van der Waals surface area contributed by atoms with Crippen LogP contribution in [0.15, 0.2) is 72.8 Å². The van der Waals surface area contributed by atoms with E-state index in [0.29, 0.717) is 17.3 Å². The highest BCUT2D eigenvalue weighted by atomic mass is 16.5. The van der Waals surface area contributed by atoms with E-state index in [-0.39, 0.29) is 0 Å². The van der Waals surface area contributed by atoms with E-state index >= 15 is 0 Å². The molecule has 5 rings (SSSR count). The fraction of sp³-hybridized carbons (Fsp3) is 0.154. The van der Waals surface area contributed by atoms with Gasteiger partial charge in [-0.2, -0.15) is 0 Å². The van der Waals surface area contributed by atoms with Gasteiger partial charge in [0.15, 0.2) is 11.5 Å². The summed E-state index contributed by atoms with van der Waals surface area (Å²) in [6.45, 7) is 0. The molecule has 5 aromatic rings. The third kappa shape index (κ3) is 3.30. The average molecular weight is 425 g/mol. The molecule has 0 aliphatic heterocycles. The Hall–Kier alpha value is -4.06. The summed E-state index contributed by atoms with van der Waals surface area (Å²) in [5.41, 5.74) is 6.96. The second-order valence-corrected chi connectivity index (χ2v) is 7.77. The fourth-order valence-corrected chi connectivity index (χ4v) is 3.95. The molecule has 3 aromatic carbocycles. The zero-order chi connectivity index (χ0) is 22.2. The molecule has 6 nitrogen and oxygen atoms in total. The molecule has 0 amide bonds. The third-order valence-corrected chi connectivity index (χ3v) is 5.64. The van der Waals surface area contributed by atoms with Gasteiger partial charge in [-0.15, -0.1) is 0 Å². The van der Waals surface area contributed by atoms with Gasteiger partial charge in [0.1, 0.15) is 0 Å². The number of anilines is 1. The van der Waals surface area contributed by atoms with Gasteiger partial charge in [-0.05, 0) is 54.1 Å². The Morgan fingerprint density at radius 3 is 2.19 bits per heavy atom. The molecular formula is C26H24N4O2. The molecule has 2 heterocycles. The summed E-state index contributed by atoms with van der Waals surface area (Å²) in [5, 5.41) is 0. The first-order valence-electron chi connectivity index (χ1n) is 10.4. The van der Waals surface area contributed by atoms with Gasteiger partial charge in [0, 0.05) is 25.3 Å². The summed E-state index contributed by atoms with van der Waals surface area (Å²) in [4.78, 5) is 11.8. The molecule has 0 atom stereocenters. The molecule has 0 saturated carbocycles. The van der Waals surface area contributed by atoms with Crippen LogP contribution in [0.4, 0.5) is 5.69 Å². The van der Waals surface area contributed by atoms with Crippen molar-refractivity contribution >= 4 is 22.5 Å². The quantitative estimate of drug-likeness (QED) is 0.383. The van der Waals surface area contributed by atoms with Gasteiger partial charge in [-0.25, -0.2) is 9.97 Å². The van der Waals surface area contributed by atoms with Gasteiger partial charge < -0.3 is 14.4 Å². The summed E-state index contributed by atoms with van der Waals surface area (Å²) >= 11 is 0. The van der Waals surface area contributed by atoms with Gasteiger partial charge in [0.05, 0.1) is 36.6 Å². The number of fused-ring (bicyclic) bond motifs is 3. The number of imidazole rings is 1. The van der Waals surface area contributed by atoms with Crippen molar-refractivity contribution < 1.29 is 9.47 Å². The van der Waals surface area contributed by atoms with E-state index in [1.54, 1.807) is 14.2 Å². The lowest BCUT2D eigenvalue weighted by Gasteiger charge is -2.14. The predicted molar refractivity (Wildman–Crippen MR) is 129 cm³/mol. The first-order chi connectivity index (χ1) is 15.6. The molecule has 160 valence electrons. The van der Waals surface area contributed by atoms with Crippen molar-refractivity contribution in [1.82, 2.24) is 14.4 Å². The molecule has 0 radical (unpaired) electrons. The molecule has 0 spiro atoms. The Bertz CT molecular complexity index is 1420. The van der Waals surface area contributed by atoms with Crippen molar-refractivity contribution in [2.24, 2.45) is 0 Å². The number of hydrogen-bond acceptors (Lipinski definition) is 5. The lowest BCUT2D eigenvalue weighted by molar-refractivity contribution is 0.355. The number of rotatable bonds is 5. The fourth-order valence-electron chi connectivity index (χ4n) is 3.95. The van der Waals surface area contributed by atoms with Crippen LogP contribution in [-0.2, 0) is 0 Å². The highest BCUT2D eigenvalue weighted by Crippen LogP contribution is 2.34. The number of benzene rings is 3. The average Bonchev–Trinajstić information content (AvgIpc) is 3.21. The van der Waals surface area contributed by atoms with Gasteiger partial charge in [0.2, 0.25) is 5.78 Å². The van der Waals surface area contributed by atoms with E-state index in [1.165, 1.54) is 0 Å². The molecular weight excluding hydrogens is 400 g/mol. The molecule has 0 N–H and O–H groups in total. The van der Waals surface area contributed by atoms with Crippen LogP contribution in [-0.4, -0.2) is 42.7 Å². The van der Waals surface area contributed by atoms with E-state index in [0.717, 1.165) is 39.2 Å². The van der Waals surface area contributed by atoms with Crippen LogP contribution in [0.2, 0.25) is 0 Å². The van der Waals surface area contributed by atoms with Crippen molar-refractivity contribution in [3.8, 4) is 34.0 Å². The molecule has 0 bridgehead atoms. The van der Waals surface area contributed by atoms with E-state index in [9.17, 15) is 0 Å². The van der Waals surface area contributed by atoms with Gasteiger partial charge in [-0.3, -0.25) is 4.40 Å². The molecule has 2 aromatic heterocycles. The number of aromatic nitrogens is 3. The molecule has 6 heteroatoms. The van der Waals surface area contributed by atoms with Gasteiger partial charge in [-0.1, -0.05) is 24.3 Å². The molecule has 0 aliphatic rings. The minimum atomic E-state index is 0.658. The summed E-state index contributed by atoms with van der Waals surface area (Å²) in [7, 11) is 7.35. The van der Waals surface area contributed by atoms with E-state index < -0.39 is 0 Å². The van der Waals surface area contributed by atoms with Crippen LogP contribution in [0, 0.1) is 0 Å². The van der Waals surface area contributed by atoms with Crippen LogP contribution >= 0.6 is 0 Å². The van der Waals surface area contributed by atoms with Crippen molar-refractivity contribution in [2.75, 3.05) is 33.2 Å². The Balaban J connectivity index is 1.77. The summed E-state index contributed by atoms with van der Waals surface area (Å²) < 4.78 is 13.0.